The van der Waals surface area contributed by atoms with Gasteiger partial charge in [0.2, 0.25) is 0 Å². The molecule has 1 amide bonds. The summed E-state index contributed by atoms with van der Waals surface area (Å²) in [4.78, 5) is 33.3. The van der Waals surface area contributed by atoms with Crippen molar-refractivity contribution in [3.63, 3.8) is 0 Å². The molecule has 41 heavy (non-hydrogen) atoms. The maximum Gasteiger partial charge on any atom is 0.407 e. The number of carbonyl (C=O) groups is 1. The van der Waals surface area contributed by atoms with Crippen LogP contribution in [0.25, 0.3) is 28.1 Å². The second-order valence-corrected chi connectivity index (χ2v) is 9.91. The SMILES string of the molecule is COc1ccc2c(Nc3cnccn3)nn(-c3cc(N4C[C@@H]5C[C@H]4CN5C(=O)O)nc(-c4cccc(F)c4)n3)c2c1. The van der Waals surface area contributed by atoms with Crippen LogP contribution < -0.4 is 15.0 Å². The van der Waals surface area contributed by atoms with Crippen LogP contribution in [0.4, 0.5) is 26.6 Å². The zero-order valence-corrected chi connectivity index (χ0v) is 21.8. The summed E-state index contributed by atoms with van der Waals surface area (Å²) in [7, 11) is 1.59. The van der Waals surface area contributed by atoms with Crippen LogP contribution in [0, 0.1) is 5.82 Å². The van der Waals surface area contributed by atoms with Crippen LogP contribution in [0.3, 0.4) is 0 Å². The predicted molar refractivity (Wildman–Crippen MR) is 148 cm³/mol. The van der Waals surface area contributed by atoms with Gasteiger partial charge in [-0.05, 0) is 30.7 Å². The number of nitrogens with zero attached hydrogens (tertiary/aromatic N) is 8. The van der Waals surface area contributed by atoms with Gasteiger partial charge in [0.25, 0.3) is 0 Å². The van der Waals surface area contributed by atoms with E-state index in [4.69, 9.17) is 19.8 Å². The summed E-state index contributed by atoms with van der Waals surface area (Å²) in [5.41, 5.74) is 1.22. The number of halogens is 1. The maximum absolute atomic E-state index is 14.2. The van der Waals surface area contributed by atoms with Gasteiger partial charge in [-0.1, -0.05) is 12.1 Å². The first kappa shape index (κ1) is 24.7. The van der Waals surface area contributed by atoms with Crippen LogP contribution in [0.15, 0.2) is 67.1 Å². The third kappa shape index (κ3) is 4.40. The molecule has 2 aliphatic rings. The molecule has 2 aliphatic heterocycles. The van der Waals surface area contributed by atoms with Crippen molar-refractivity contribution < 1.29 is 19.0 Å². The van der Waals surface area contributed by atoms with E-state index in [0.29, 0.717) is 59.0 Å². The lowest BCUT2D eigenvalue weighted by Gasteiger charge is -2.33. The minimum Gasteiger partial charge on any atom is -0.497 e. The van der Waals surface area contributed by atoms with E-state index in [0.717, 1.165) is 11.8 Å². The lowest BCUT2D eigenvalue weighted by atomic mass is 10.2. The zero-order valence-electron chi connectivity index (χ0n) is 21.8. The van der Waals surface area contributed by atoms with Crippen LogP contribution >= 0.6 is 0 Å². The van der Waals surface area contributed by atoms with Crippen molar-refractivity contribution in [1.82, 2.24) is 34.6 Å². The van der Waals surface area contributed by atoms with E-state index in [2.05, 4.69) is 20.2 Å². The summed E-state index contributed by atoms with van der Waals surface area (Å²) < 4.78 is 21.4. The monoisotopic (exact) mass is 553 g/mol. The fourth-order valence-corrected chi connectivity index (χ4v) is 5.59. The first-order chi connectivity index (χ1) is 20.0. The van der Waals surface area contributed by atoms with Gasteiger partial charge in [0, 0.05) is 48.6 Å². The van der Waals surface area contributed by atoms with Gasteiger partial charge in [0.1, 0.15) is 23.2 Å². The van der Waals surface area contributed by atoms with E-state index in [9.17, 15) is 14.3 Å². The topological polar surface area (TPSA) is 134 Å². The lowest BCUT2D eigenvalue weighted by molar-refractivity contribution is 0.137. The van der Waals surface area contributed by atoms with Gasteiger partial charge in [-0.15, -0.1) is 5.10 Å². The van der Waals surface area contributed by atoms with Crippen molar-refractivity contribution in [2.45, 2.75) is 18.5 Å². The van der Waals surface area contributed by atoms with E-state index in [1.54, 1.807) is 42.5 Å². The highest BCUT2D eigenvalue weighted by atomic mass is 19.1. The second-order valence-electron chi connectivity index (χ2n) is 9.91. The summed E-state index contributed by atoms with van der Waals surface area (Å²) in [6, 6.07) is 13.4. The summed E-state index contributed by atoms with van der Waals surface area (Å²) >= 11 is 0. The smallest absolute Gasteiger partial charge is 0.407 e. The molecule has 12 nitrogen and oxygen atoms in total. The van der Waals surface area contributed by atoms with Gasteiger partial charge in [0.15, 0.2) is 17.5 Å². The van der Waals surface area contributed by atoms with Crippen LogP contribution in [-0.2, 0) is 0 Å². The van der Waals surface area contributed by atoms with Gasteiger partial charge >= 0.3 is 6.09 Å². The number of benzene rings is 2. The molecule has 2 atom stereocenters. The number of fused-ring (bicyclic) bond motifs is 3. The Bertz CT molecular complexity index is 1780. The average Bonchev–Trinajstić information content (AvgIpc) is 3.71. The normalized spacial score (nSPS) is 17.8. The number of anilines is 3. The molecule has 13 heteroatoms. The molecule has 0 spiro atoms. The fourth-order valence-electron chi connectivity index (χ4n) is 5.59. The quantitative estimate of drug-likeness (QED) is 0.316. The van der Waals surface area contributed by atoms with Crippen LogP contribution in [0.1, 0.15) is 6.42 Å². The molecule has 0 aliphatic carbocycles. The number of hydrogen-bond acceptors (Lipinski definition) is 9. The van der Waals surface area contributed by atoms with Crippen molar-refractivity contribution in [1.29, 1.82) is 0 Å². The Balaban J connectivity index is 1.38. The zero-order chi connectivity index (χ0) is 28.1. The molecular formula is C28H24FN9O3. The average molecular weight is 554 g/mol. The highest BCUT2D eigenvalue weighted by Crippen LogP contribution is 2.36. The molecule has 2 bridgehead atoms. The molecule has 2 saturated heterocycles. The summed E-state index contributed by atoms with van der Waals surface area (Å²) in [5, 5.41) is 18.4. The Morgan fingerprint density at radius 1 is 1.07 bits per heavy atom. The third-order valence-electron chi connectivity index (χ3n) is 7.48. The lowest BCUT2D eigenvalue weighted by Crippen LogP contribution is -2.48. The molecule has 2 fully saturated rings. The Morgan fingerprint density at radius 2 is 1.95 bits per heavy atom. The van der Waals surface area contributed by atoms with Crippen molar-refractivity contribution in [2.24, 2.45) is 0 Å². The molecule has 2 N–H and O–H groups in total. The van der Waals surface area contributed by atoms with Crippen molar-refractivity contribution in [2.75, 3.05) is 30.4 Å². The minimum absolute atomic E-state index is 0.0254. The molecule has 7 rings (SSSR count). The minimum atomic E-state index is -0.916. The highest BCUT2D eigenvalue weighted by molar-refractivity contribution is 5.93. The molecule has 0 unspecified atom stereocenters. The van der Waals surface area contributed by atoms with Gasteiger partial charge in [-0.2, -0.15) is 0 Å². The van der Waals surface area contributed by atoms with Gasteiger partial charge < -0.3 is 25.0 Å². The van der Waals surface area contributed by atoms with E-state index >= 15 is 0 Å². The van der Waals surface area contributed by atoms with E-state index in [1.807, 2.05) is 24.3 Å². The number of likely N-dealkylation sites (tertiary alicyclic amines) is 1. The number of piperazine rings is 1. The molecule has 5 heterocycles. The number of carboxylic acid groups (broad SMARTS) is 1. The standard InChI is InChI=1S/C28H24FN9O3/c1-41-20-5-6-21-22(11-20)38(35-27(21)32-23-13-30-7-8-31-23)25-12-24(33-26(34-25)16-3-2-4-17(29)9-16)36-14-19-10-18(36)15-37(19)28(39)40/h2-9,11-13,18-19H,10,14-15H2,1H3,(H,39,40)(H,31,32,35)/t18-,19-/m0/s1. The van der Waals surface area contributed by atoms with E-state index in [-0.39, 0.29) is 12.1 Å². The summed E-state index contributed by atoms with van der Waals surface area (Å²) in [6.45, 7) is 0.895. The Labute approximate surface area is 233 Å². The van der Waals surface area contributed by atoms with Crippen molar-refractivity contribution in [3.05, 3.63) is 72.9 Å². The highest BCUT2D eigenvalue weighted by Gasteiger charge is 2.46. The predicted octanol–water partition coefficient (Wildman–Crippen LogP) is 4.10. The summed E-state index contributed by atoms with van der Waals surface area (Å²) in [5.74, 6) is 2.68. The summed E-state index contributed by atoms with van der Waals surface area (Å²) in [6.07, 6.45) is 4.57. The largest absolute Gasteiger partial charge is 0.497 e. The van der Waals surface area contributed by atoms with Crippen molar-refractivity contribution in [3.8, 4) is 23.0 Å². The number of nitrogens with one attached hydrogen (secondary N) is 1. The number of ether oxygens (including phenoxy) is 1. The molecule has 5 aromatic rings. The van der Waals surface area contributed by atoms with Gasteiger partial charge in [0.05, 0.1) is 30.9 Å². The van der Waals surface area contributed by atoms with Crippen LogP contribution in [-0.4, -0.2) is 78.1 Å². The van der Waals surface area contributed by atoms with Crippen LogP contribution in [0.5, 0.6) is 5.75 Å². The fraction of sp³-hybridized carbons (Fsp3) is 0.214. The number of hydrogen-bond donors (Lipinski definition) is 2. The molecule has 206 valence electrons. The molecule has 3 aromatic heterocycles. The van der Waals surface area contributed by atoms with Gasteiger partial charge in [-0.3, -0.25) is 4.98 Å². The Morgan fingerprint density at radius 3 is 2.68 bits per heavy atom. The molecule has 2 aromatic carbocycles. The molecular weight excluding hydrogens is 529 g/mol. The number of rotatable bonds is 6. The first-order valence-electron chi connectivity index (χ1n) is 13.0. The number of methoxy groups -OCH3 is 1. The third-order valence-corrected chi connectivity index (χ3v) is 7.48. The van der Waals surface area contributed by atoms with E-state index < -0.39 is 11.9 Å². The maximum atomic E-state index is 14.2. The first-order valence-corrected chi connectivity index (χ1v) is 13.0. The second kappa shape index (κ2) is 9.70. The number of aromatic nitrogens is 6. The molecule has 0 radical (unpaired) electrons. The number of amides is 1. The van der Waals surface area contributed by atoms with Crippen molar-refractivity contribution >= 4 is 34.4 Å². The van der Waals surface area contributed by atoms with E-state index in [1.165, 1.54) is 17.0 Å². The van der Waals surface area contributed by atoms with Crippen LogP contribution in [0.2, 0.25) is 0 Å². The molecule has 0 saturated carbocycles. The Kier molecular flexibility index (Phi) is 5.84. The Hall–Kier alpha value is -5.33. The van der Waals surface area contributed by atoms with Gasteiger partial charge in [-0.25, -0.2) is 28.8 Å².